The van der Waals surface area contributed by atoms with Crippen LogP contribution in [0.2, 0.25) is 0 Å². The highest BCUT2D eigenvalue weighted by molar-refractivity contribution is 4.77. The quantitative estimate of drug-likeness (QED) is 0.248. The first-order chi connectivity index (χ1) is 16.3. The van der Waals surface area contributed by atoms with Crippen molar-refractivity contribution in [3.05, 3.63) is 0 Å². The van der Waals surface area contributed by atoms with Crippen LogP contribution in [0.25, 0.3) is 0 Å². The van der Waals surface area contributed by atoms with Crippen LogP contribution in [0, 0.1) is 0 Å². The lowest BCUT2D eigenvalue weighted by Crippen LogP contribution is -2.36. The number of hydrogen-bond donors (Lipinski definition) is 0. The maximum Gasteiger partial charge on any atom is 0.0837 e. The molecule has 0 aromatic heterocycles. The van der Waals surface area contributed by atoms with Gasteiger partial charge in [0.25, 0.3) is 0 Å². The first-order valence-corrected chi connectivity index (χ1v) is 13.0. The number of rotatable bonds is 20. The van der Waals surface area contributed by atoms with E-state index in [2.05, 4.69) is 0 Å². The minimum atomic E-state index is 0.166. The monoisotopic (exact) mass is 476 g/mol. The Morgan fingerprint density at radius 2 is 0.788 bits per heavy atom. The second-order valence-electron chi connectivity index (χ2n) is 8.62. The molecule has 4 unspecified atom stereocenters. The average Bonchev–Trinajstić information content (AvgIpc) is 2.84. The van der Waals surface area contributed by atoms with Crippen LogP contribution in [0.15, 0.2) is 0 Å². The Morgan fingerprint density at radius 3 is 1.15 bits per heavy atom. The fourth-order valence-corrected chi connectivity index (χ4v) is 4.41. The zero-order chi connectivity index (χ0) is 23.4. The molecule has 0 aliphatic heterocycles. The van der Waals surface area contributed by atoms with E-state index in [0.717, 1.165) is 32.3 Å². The maximum atomic E-state index is 6.04. The lowest BCUT2D eigenvalue weighted by molar-refractivity contribution is -0.113. The number of methoxy groups -OCH3 is 1. The first kappa shape index (κ1) is 28.9. The maximum absolute atomic E-state index is 6.04. The SMILES string of the molecule is CCOCCOC1CCCCC1OCCOCCOCCOC1CCCCC1OCCOC. The highest BCUT2D eigenvalue weighted by Crippen LogP contribution is 2.24. The Labute approximate surface area is 200 Å². The molecule has 0 amide bonds. The summed E-state index contributed by atoms with van der Waals surface area (Å²) in [6.45, 7) is 8.72. The number of ether oxygens (including phenoxy) is 8. The van der Waals surface area contributed by atoms with Gasteiger partial charge in [-0.25, -0.2) is 0 Å². The van der Waals surface area contributed by atoms with Crippen LogP contribution in [-0.2, 0) is 37.9 Å². The Kier molecular flexibility index (Phi) is 17.5. The van der Waals surface area contributed by atoms with Gasteiger partial charge in [0.05, 0.1) is 90.5 Å². The minimum Gasteiger partial charge on any atom is -0.382 e. The molecule has 2 rings (SSSR count). The number of hydrogen-bond acceptors (Lipinski definition) is 8. The normalized spacial score (nSPS) is 26.0. The van der Waals surface area contributed by atoms with Crippen LogP contribution >= 0.6 is 0 Å². The van der Waals surface area contributed by atoms with E-state index in [-0.39, 0.29) is 24.4 Å². The van der Waals surface area contributed by atoms with Gasteiger partial charge in [0.15, 0.2) is 0 Å². The van der Waals surface area contributed by atoms with Crippen molar-refractivity contribution < 1.29 is 37.9 Å². The van der Waals surface area contributed by atoms with Gasteiger partial charge in [-0.3, -0.25) is 0 Å². The van der Waals surface area contributed by atoms with E-state index in [1.165, 1.54) is 25.7 Å². The van der Waals surface area contributed by atoms with Crippen molar-refractivity contribution in [3.63, 3.8) is 0 Å². The van der Waals surface area contributed by atoms with Gasteiger partial charge in [-0.05, 0) is 32.6 Å². The van der Waals surface area contributed by atoms with E-state index >= 15 is 0 Å². The zero-order valence-electron chi connectivity index (χ0n) is 21.0. The fraction of sp³-hybridized carbons (Fsp3) is 1.00. The molecule has 0 aromatic carbocycles. The third-order valence-electron chi connectivity index (χ3n) is 6.16. The first-order valence-electron chi connectivity index (χ1n) is 13.0. The van der Waals surface area contributed by atoms with Crippen molar-refractivity contribution >= 4 is 0 Å². The minimum absolute atomic E-state index is 0.166. The van der Waals surface area contributed by atoms with Gasteiger partial charge >= 0.3 is 0 Å². The standard InChI is InChI=1S/C25H48O8/c1-3-27-15-19-31-24-10-6-7-11-25(24)33-21-17-29-14-13-28-16-20-32-23-9-5-4-8-22(23)30-18-12-26-2/h22-25H,3-21H2,1-2H3. The van der Waals surface area contributed by atoms with E-state index in [1.54, 1.807) is 7.11 Å². The molecular formula is C25H48O8. The smallest absolute Gasteiger partial charge is 0.0837 e. The van der Waals surface area contributed by atoms with Crippen LogP contribution in [0.4, 0.5) is 0 Å². The van der Waals surface area contributed by atoms with Gasteiger partial charge in [0.2, 0.25) is 0 Å². The van der Waals surface area contributed by atoms with E-state index < -0.39 is 0 Å². The third-order valence-corrected chi connectivity index (χ3v) is 6.16. The molecule has 196 valence electrons. The molecule has 0 saturated heterocycles. The molecule has 8 heteroatoms. The third kappa shape index (κ3) is 13.4. The Bertz CT molecular complexity index is 439. The van der Waals surface area contributed by atoms with Gasteiger partial charge in [-0.15, -0.1) is 0 Å². The van der Waals surface area contributed by atoms with Crippen LogP contribution in [0.5, 0.6) is 0 Å². The average molecular weight is 477 g/mol. The molecule has 2 fully saturated rings. The van der Waals surface area contributed by atoms with Crippen molar-refractivity contribution in [3.8, 4) is 0 Å². The Balaban J connectivity index is 1.42. The second-order valence-corrected chi connectivity index (χ2v) is 8.62. The summed E-state index contributed by atoms with van der Waals surface area (Å²) >= 11 is 0. The van der Waals surface area contributed by atoms with E-state index in [9.17, 15) is 0 Å². The van der Waals surface area contributed by atoms with Gasteiger partial charge < -0.3 is 37.9 Å². The van der Waals surface area contributed by atoms with Crippen LogP contribution in [0.1, 0.15) is 58.3 Å². The van der Waals surface area contributed by atoms with Gasteiger partial charge in [-0.1, -0.05) is 25.7 Å². The molecule has 0 heterocycles. The van der Waals surface area contributed by atoms with Crippen LogP contribution in [0.3, 0.4) is 0 Å². The van der Waals surface area contributed by atoms with E-state index in [0.29, 0.717) is 66.1 Å². The molecule has 0 spiro atoms. The summed E-state index contributed by atoms with van der Waals surface area (Å²) in [7, 11) is 1.69. The van der Waals surface area contributed by atoms with Crippen LogP contribution < -0.4 is 0 Å². The zero-order valence-corrected chi connectivity index (χ0v) is 21.0. The summed E-state index contributed by atoms with van der Waals surface area (Å²) in [4.78, 5) is 0. The summed E-state index contributed by atoms with van der Waals surface area (Å²) in [5.41, 5.74) is 0. The molecule has 33 heavy (non-hydrogen) atoms. The van der Waals surface area contributed by atoms with E-state index in [4.69, 9.17) is 37.9 Å². The highest BCUT2D eigenvalue weighted by atomic mass is 16.6. The Hall–Kier alpha value is -0.320. The summed E-state index contributed by atoms with van der Waals surface area (Å²) < 4.78 is 45.7. The lowest BCUT2D eigenvalue weighted by Gasteiger charge is -2.31. The summed E-state index contributed by atoms with van der Waals surface area (Å²) in [6.07, 6.45) is 9.74. The largest absolute Gasteiger partial charge is 0.382 e. The molecule has 0 N–H and O–H groups in total. The topological polar surface area (TPSA) is 73.8 Å². The van der Waals surface area contributed by atoms with Crippen molar-refractivity contribution in [2.75, 3.05) is 79.8 Å². The van der Waals surface area contributed by atoms with Crippen molar-refractivity contribution in [2.24, 2.45) is 0 Å². The molecule has 0 bridgehead atoms. The molecule has 0 aromatic rings. The van der Waals surface area contributed by atoms with Gasteiger partial charge in [-0.2, -0.15) is 0 Å². The fourth-order valence-electron chi connectivity index (χ4n) is 4.41. The molecule has 2 aliphatic carbocycles. The van der Waals surface area contributed by atoms with Crippen molar-refractivity contribution in [1.29, 1.82) is 0 Å². The molecular weight excluding hydrogens is 428 g/mol. The van der Waals surface area contributed by atoms with Gasteiger partial charge in [0, 0.05) is 13.7 Å². The second kappa shape index (κ2) is 19.9. The molecule has 8 nitrogen and oxygen atoms in total. The summed E-state index contributed by atoms with van der Waals surface area (Å²) in [6, 6.07) is 0. The van der Waals surface area contributed by atoms with Crippen LogP contribution in [-0.4, -0.2) is 104 Å². The predicted molar refractivity (Wildman–Crippen MR) is 126 cm³/mol. The van der Waals surface area contributed by atoms with E-state index in [1.807, 2.05) is 6.92 Å². The summed E-state index contributed by atoms with van der Waals surface area (Å²) in [5.74, 6) is 0. The molecule has 2 aliphatic rings. The molecule has 4 atom stereocenters. The Morgan fingerprint density at radius 1 is 0.455 bits per heavy atom. The van der Waals surface area contributed by atoms with Gasteiger partial charge in [0.1, 0.15) is 0 Å². The van der Waals surface area contributed by atoms with Crippen molar-refractivity contribution in [2.45, 2.75) is 82.7 Å². The lowest BCUT2D eigenvalue weighted by atomic mass is 9.94. The predicted octanol–water partition coefficient (Wildman–Crippen LogP) is 3.39. The molecule has 0 radical (unpaired) electrons. The highest BCUT2D eigenvalue weighted by Gasteiger charge is 2.27. The van der Waals surface area contributed by atoms with Crippen molar-refractivity contribution in [1.82, 2.24) is 0 Å². The summed E-state index contributed by atoms with van der Waals surface area (Å²) in [5, 5.41) is 0. The molecule has 2 saturated carbocycles.